The lowest BCUT2D eigenvalue weighted by Gasteiger charge is -2.14. The van der Waals surface area contributed by atoms with Gasteiger partial charge < -0.3 is 9.64 Å². The third-order valence-corrected chi connectivity index (χ3v) is 5.99. The second-order valence-electron chi connectivity index (χ2n) is 5.81. The Balaban J connectivity index is 1.71. The summed E-state index contributed by atoms with van der Waals surface area (Å²) in [4.78, 5) is 22.5. The molecule has 3 rings (SSSR count). The van der Waals surface area contributed by atoms with Crippen molar-refractivity contribution in [2.75, 3.05) is 20.3 Å². The molecule has 1 aliphatic rings. The highest BCUT2D eigenvalue weighted by Crippen LogP contribution is 2.32. The maximum absolute atomic E-state index is 12.6. The molecular weight excluding hydrogens is 375 g/mol. The quantitative estimate of drug-likeness (QED) is 0.798. The summed E-state index contributed by atoms with van der Waals surface area (Å²) in [6.07, 6.45) is -3.58. The van der Waals surface area contributed by atoms with Crippen LogP contribution in [0, 0.1) is 6.92 Å². The summed E-state index contributed by atoms with van der Waals surface area (Å²) in [6, 6.07) is 0. The third-order valence-electron chi connectivity index (χ3n) is 3.85. The number of alkyl halides is 3. The largest absolute Gasteiger partial charge is 0.434 e. The molecule has 136 valence electrons. The average Bonchev–Trinajstić information content (AvgIpc) is 3.25. The van der Waals surface area contributed by atoms with Crippen LogP contribution in [0.1, 0.15) is 43.4 Å². The predicted molar refractivity (Wildman–Crippen MR) is 87.9 cm³/mol. The van der Waals surface area contributed by atoms with Crippen molar-refractivity contribution in [1.29, 1.82) is 0 Å². The minimum Gasteiger partial charge on any atom is -0.381 e. The first-order valence-corrected chi connectivity index (χ1v) is 9.27. The van der Waals surface area contributed by atoms with Crippen LogP contribution in [0.25, 0.3) is 0 Å². The fraction of sp³-hybridized carbons (Fsp3) is 0.533. The summed E-state index contributed by atoms with van der Waals surface area (Å²) in [6.45, 7) is 3.09. The van der Waals surface area contributed by atoms with E-state index in [0.29, 0.717) is 23.8 Å². The van der Waals surface area contributed by atoms with Crippen LogP contribution < -0.4 is 0 Å². The number of hydrogen-bond donors (Lipinski definition) is 0. The Morgan fingerprint density at radius 3 is 2.80 bits per heavy atom. The molecule has 1 atom stereocenters. The van der Waals surface area contributed by atoms with Crippen LogP contribution in [0.2, 0.25) is 0 Å². The molecule has 0 N–H and O–H groups in total. The first-order chi connectivity index (χ1) is 11.8. The van der Waals surface area contributed by atoms with Crippen LogP contribution in [0.15, 0.2) is 5.38 Å². The van der Waals surface area contributed by atoms with E-state index in [1.165, 1.54) is 16.2 Å². The number of halogens is 3. The minimum absolute atomic E-state index is 0.0266. The van der Waals surface area contributed by atoms with Crippen LogP contribution >= 0.6 is 22.7 Å². The Bertz CT molecular complexity index is 766. The molecule has 1 saturated heterocycles. The molecule has 1 aliphatic heterocycles. The summed E-state index contributed by atoms with van der Waals surface area (Å²) in [5.74, 6) is -0.0483. The van der Waals surface area contributed by atoms with Crippen molar-refractivity contribution >= 4 is 28.6 Å². The molecule has 0 saturated carbocycles. The van der Waals surface area contributed by atoms with Gasteiger partial charge in [-0.1, -0.05) is 0 Å². The molecule has 5 nitrogen and oxygen atoms in total. The van der Waals surface area contributed by atoms with Crippen LogP contribution in [-0.2, 0) is 17.5 Å². The topological polar surface area (TPSA) is 55.3 Å². The van der Waals surface area contributed by atoms with Gasteiger partial charge in [0.05, 0.1) is 23.9 Å². The van der Waals surface area contributed by atoms with Gasteiger partial charge in [0, 0.05) is 25.0 Å². The average molecular weight is 391 g/mol. The SMILES string of the molecule is Cc1nc(C2CCOC2)sc1C(=O)N(C)Cc1nc(C(F)(F)F)cs1. The van der Waals surface area contributed by atoms with Crippen molar-refractivity contribution < 1.29 is 22.7 Å². The van der Waals surface area contributed by atoms with Crippen molar-refractivity contribution in [3.05, 3.63) is 31.7 Å². The standard InChI is InChI=1S/C15H16F3N3O2S2/c1-8-12(25-13(19-8)9-3-4-23-6-9)14(22)21(2)5-11-20-10(7-24-11)15(16,17)18/h7,9H,3-6H2,1-2H3. The van der Waals surface area contributed by atoms with Gasteiger partial charge in [-0.25, -0.2) is 9.97 Å². The van der Waals surface area contributed by atoms with Gasteiger partial charge >= 0.3 is 6.18 Å². The summed E-state index contributed by atoms with van der Waals surface area (Å²) in [5, 5.41) is 2.08. The smallest absolute Gasteiger partial charge is 0.381 e. The summed E-state index contributed by atoms with van der Waals surface area (Å²) >= 11 is 2.23. The zero-order valence-corrected chi connectivity index (χ0v) is 15.2. The van der Waals surface area contributed by atoms with E-state index in [4.69, 9.17) is 4.74 Å². The number of hydrogen-bond acceptors (Lipinski definition) is 6. The van der Waals surface area contributed by atoms with E-state index < -0.39 is 11.9 Å². The van der Waals surface area contributed by atoms with E-state index in [1.807, 2.05) is 0 Å². The van der Waals surface area contributed by atoms with Crippen molar-refractivity contribution in [3.63, 3.8) is 0 Å². The molecule has 1 unspecified atom stereocenters. The monoisotopic (exact) mass is 391 g/mol. The Morgan fingerprint density at radius 2 is 2.20 bits per heavy atom. The Morgan fingerprint density at radius 1 is 1.44 bits per heavy atom. The molecule has 2 aromatic rings. The van der Waals surface area contributed by atoms with E-state index >= 15 is 0 Å². The normalized spacial score (nSPS) is 17.9. The second-order valence-corrected chi connectivity index (χ2v) is 7.79. The lowest BCUT2D eigenvalue weighted by atomic mass is 10.1. The molecule has 10 heteroatoms. The molecule has 2 aromatic heterocycles. The minimum atomic E-state index is -4.47. The molecule has 3 heterocycles. The number of nitrogens with zero attached hydrogens (tertiary/aromatic N) is 3. The summed E-state index contributed by atoms with van der Waals surface area (Å²) in [5.41, 5.74) is -0.287. The van der Waals surface area contributed by atoms with Crippen molar-refractivity contribution in [3.8, 4) is 0 Å². The Kier molecular flexibility index (Phi) is 5.12. The van der Waals surface area contributed by atoms with E-state index in [2.05, 4.69) is 9.97 Å². The number of amides is 1. The molecular formula is C15H16F3N3O2S2. The van der Waals surface area contributed by atoms with Gasteiger partial charge in [-0.05, 0) is 13.3 Å². The van der Waals surface area contributed by atoms with E-state index in [9.17, 15) is 18.0 Å². The first-order valence-electron chi connectivity index (χ1n) is 7.58. The number of thiazole rings is 2. The first kappa shape index (κ1) is 18.3. The number of aryl methyl sites for hydroxylation is 1. The molecule has 1 amide bonds. The number of aromatic nitrogens is 2. The van der Waals surface area contributed by atoms with Gasteiger partial charge in [0.2, 0.25) is 0 Å². The number of ether oxygens (including phenoxy) is 1. The van der Waals surface area contributed by atoms with Gasteiger partial charge in [0.25, 0.3) is 5.91 Å². The molecule has 0 aliphatic carbocycles. The van der Waals surface area contributed by atoms with Crippen LogP contribution in [0.4, 0.5) is 13.2 Å². The van der Waals surface area contributed by atoms with Gasteiger partial charge in [0.15, 0.2) is 5.69 Å². The number of carbonyl (C=O) groups excluding carboxylic acids is 1. The van der Waals surface area contributed by atoms with Crippen LogP contribution in [-0.4, -0.2) is 41.0 Å². The predicted octanol–water partition coefficient (Wildman–Crippen LogP) is 3.70. The Hall–Kier alpha value is -1.52. The zero-order valence-electron chi connectivity index (χ0n) is 13.6. The fourth-order valence-corrected chi connectivity index (χ4v) is 4.52. The summed E-state index contributed by atoms with van der Waals surface area (Å²) in [7, 11) is 1.55. The second kappa shape index (κ2) is 7.00. The molecule has 25 heavy (non-hydrogen) atoms. The highest BCUT2D eigenvalue weighted by Gasteiger charge is 2.34. The van der Waals surface area contributed by atoms with Gasteiger partial charge in [-0.15, -0.1) is 22.7 Å². The molecule has 0 aromatic carbocycles. The van der Waals surface area contributed by atoms with E-state index in [0.717, 1.165) is 28.1 Å². The van der Waals surface area contributed by atoms with Crippen molar-refractivity contribution in [2.24, 2.45) is 0 Å². The maximum atomic E-state index is 12.6. The lowest BCUT2D eigenvalue weighted by Crippen LogP contribution is -2.26. The highest BCUT2D eigenvalue weighted by molar-refractivity contribution is 7.14. The summed E-state index contributed by atoms with van der Waals surface area (Å²) < 4.78 is 43.2. The number of rotatable bonds is 4. The van der Waals surface area contributed by atoms with Gasteiger partial charge in [-0.2, -0.15) is 13.2 Å². The van der Waals surface area contributed by atoms with Crippen LogP contribution in [0.5, 0.6) is 0 Å². The van der Waals surface area contributed by atoms with Gasteiger partial charge in [-0.3, -0.25) is 4.79 Å². The van der Waals surface area contributed by atoms with E-state index in [1.54, 1.807) is 14.0 Å². The lowest BCUT2D eigenvalue weighted by molar-refractivity contribution is -0.140. The highest BCUT2D eigenvalue weighted by atomic mass is 32.1. The molecule has 1 fully saturated rings. The zero-order chi connectivity index (χ0) is 18.2. The maximum Gasteiger partial charge on any atom is 0.434 e. The van der Waals surface area contributed by atoms with Crippen molar-refractivity contribution in [2.45, 2.75) is 32.0 Å². The fourth-order valence-electron chi connectivity index (χ4n) is 2.48. The number of carbonyl (C=O) groups is 1. The molecule has 0 bridgehead atoms. The third kappa shape index (κ3) is 4.01. The van der Waals surface area contributed by atoms with Crippen molar-refractivity contribution in [1.82, 2.24) is 14.9 Å². The molecule has 0 spiro atoms. The molecule has 0 radical (unpaired) electrons. The van der Waals surface area contributed by atoms with Gasteiger partial charge in [0.1, 0.15) is 9.88 Å². The Labute approximate surface area is 150 Å². The van der Waals surface area contributed by atoms with Crippen LogP contribution in [0.3, 0.4) is 0 Å². The van der Waals surface area contributed by atoms with E-state index in [-0.39, 0.29) is 23.4 Å².